The van der Waals surface area contributed by atoms with Crippen molar-refractivity contribution in [2.75, 3.05) is 0 Å². The van der Waals surface area contributed by atoms with E-state index in [4.69, 9.17) is 0 Å². The Hall–Kier alpha value is 0.809. The fourth-order valence-electron chi connectivity index (χ4n) is 0. The normalized spacial score (nSPS) is 1.00. The minimum absolute atomic E-state index is 0. The zero-order valence-electron chi connectivity index (χ0n) is 4.46. The topological polar surface area (TPSA) is 0 Å². The molecule has 1 radical (unpaired) electrons. The molecule has 0 atom stereocenters. The van der Waals surface area contributed by atoms with Gasteiger partial charge in [0, 0.05) is 17.1 Å². The maximum absolute atomic E-state index is 4.39. The van der Waals surface area contributed by atoms with Crippen molar-refractivity contribution in [2.24, 2.45) is 0 Å². The standard InChI is InChI=1S/CH2Cl.3CH3.Mn/c1-2;;;;/h1H2;3*1H3;/q4*-1;. The Morgan fingerprint density at radius 3 is 0.833 bits per heavy atom. The van der Waals surface area contributed by atoms with Crippen LogP contribution in [0.2, 0.25) is 0 Å². The van der Waals surface area contributed by atoms with Crippen molar-refractivity contribution in [3.8, 4) is 0 Å². The van der Waals surface area contributed by atoms with Crippen molar-refractivity contribution in [3.05, 3.63) is 28.7 Å². The van der Waals surface area contributed by atoms with E-state index in [1.165, 1.54) is 0 Å². The molecule has 6 heavy (non-hydrogen) atoms. The molecule has 0 aliphatic rings. The smallest absolute Gasteiger partial charge is 0 e. The fourth-order valence-corrected chi connectivity index (χ4v) is 0. The van der Waals surface area contributed by atoms with Crippen molar-refractivity contribution < 1.29 is 17.1 Å². The first-order chi connectivity index (χ1) is 1.00. The number of hydrogen-bond acceptors (Lipinski definition) is 0. The molecule has 0 unspecified atom stereocenters. The summed E-state index contributed by atoms with van der Waals surface area (Å²) in [5.74, 6) is 0. The first-order valence-electron chi connectivity index (χ1n) is 0.267. The van der Waals surface area contributed by atoms with Gasteiger partial charge in [-0.1, -0.05) is 0 Å². The molecular formula is C4H11ClMn-4. The Kier molecular flexibility index (Phi) is 2400. The second kappa shape index (κ2) is 205. The van der Waals surface area contributed by atoms with E-state index in [0.29, 0.717) is 0 Å². The molecule has 0 fully saturated rings. The van der Waals surface area contributed by atoms with E-state index in [1.54, 1.807) is 0 Å². The molecular weight excluding hydrogens is 138 g/mol. The first-order valence-corrected chi connectivity index (χ1v) is 0.802. The maximum atomic E-state index is 4.39. The molecule has 0 aromatic carbocycles. The Morgan fingerprint density at radius 2 is 0.833 bits per heavy atom. The predicted octanol–water partition coefficient (Wildman–Crippen LogP) is 2.37. The summed E-state index contributed by atoms with van der Waals surface area (Å²) < 4.78 is 0. The van der Waals surface area contributed by atoms with Gasteiger partial charge in [0.15, 0.2) is 0 Å². The van der Waals surface area contributed by atoms with Crippen LogP contribution in [0.5, 0.6) is 0 Å². The van der Waals surface area contributed by atoms with E-state index in [9.17, 15) is 0 Å². The number of rotatable bonds is 0. The van der Waals surface area contributed by atoms with Crippen LogP contribution in [-0.2, 0) is 17.1 Å². The summed E-state index contributed by atoms with van der Waals surface area (Å²) in [6, 6.07) is 0. The van der Waals surface area contributed by atoms with E-state index in [2.05, 4.69) is 18.0 Å². The molecule has 0 nitrogen and oxygen atoms in total. The van der Waals surface area contributed by atoms with Gasteiger partial charge in [0.2, 0.25) is 0 Å². The van der Waals surface area contributed by atoms with Crippen molar-refractivity contribution in [1.29, 1.82) is 0 Å². The number of halogens is 1. The third kappa shape index (κ3) is 107. The second-order valence-corrected chi connectivity index (χ2v) is 0. The summed E-state index contributed by atoms with van der Waals surface area (Å²) in [5.41, 5.74) is 0. The summed E-state index contributed by atoms with van der Waals surface area (Å²) in [5, 5.41) is 0. The van der Waals surface area contributed by atoms with Crippen LogP contribution in [0.3, 0.4) is 0 Å². The van der Waals surface area contributed by atoms with Gasteiger partial charge in [0.1, 0.15) is 0 Å². The van der Waals surface area contributed by atoms with E-state index < -0.39 is 0 Å². The average molecular weight is 150 g/mol. The molecule has 0 N–H and O–H groups in total. The third-order valence-electron chi connectivity index (χ3n) is 0. The summed E-state index contributed by atoms with van der Waals surface area (Å²) in [7, 11) is 0. The van der Waals surface area contributed by atoms with Gasteiger partial charge in [-0.2, -0.15) is 0 Å². The summed E-state index contributed by atoms with van der Waals surface area (Å²) in [6.07, 6.45) is 2.72. The zero-order chi connectivity index (χ0) is 2.00. The molecule has 0 aliphatic heterocycles. The van der Waals surface area contributed by atoms with Crippen LogP contribution >= 0.6 is 11.6 Å². The monoisotopic (exact) mass is 149 g/mol. The van der Waals surface area contributed by atoms with Crippen LogP contribution in [0.4, 0.5) is 0 Å². The van der Waals surface area contributed by atoms with Gasteiger partial charge in [-0.25, -0.2) is 0 Å². The van der Waals surface area contributed by atoms with Gasteiger partial charge in [-0.05, 0) is 0 Å². The van der Waals surface area contributed by atoms with Gasteiger partial charge in [-0.15, -0.1) is 0 Å². The Labute approximate surface area is 57.8 Å². The van der Waals surface area contributed by atoms with Crippen LogP contribution in [0, 0.1) is 28.7 Å². The molecule has 0 amide bonds. The second-order valence-electron chi connectivity index (χ2n) is 0. The average Bonchev–Trinajstić information content (AvgIpc) is 1.00. The predicted molar refractivity (Wildman–Crippen MR) is 30.5 cm³/mol. The molecule has 0 bridgehead atoms. The Balaban J connectivity index is -0.000000000833. The number of hydrogen-bond donors (Lipinski definition) is 0. The van der Waals surface area contributed by atoms with Gasteiger partial charge < -0.3 is 33.9 Å². The van der Waals surface area contributed by atoms with E-state index in [1.807, 2.05) is 0 Å². The first kappa shape index (κ1) is 70.2. The van der Waals surface area contributed by atoms with Gasteiger partial charge >= 0.3 is 0 Å². The molecule has 0 aliphatic carbocycles. The summed E-state index contributed by atoms with van der Waals surface area (Å²) in [6.45, 7) is 0. The summed E-state index contributed by atoms with van der Waals surface area (Å²) in [4.78, 5) is 0. The van der Waals surface area contributed by atoms with Crippen molar-refractivity contribution in [3.63, 3.8) is 0 Å². The summed E-state index contributed by atoms with van der Waals surface area (Å²) >= 11 is 4.39. The quantitative estimate of drug-likeness (QED) is 0.366. The van der Waals surface area contributed by atoms with Gasteiger partial charge in [0.05, 0.1) is 0 Å². The van der Waals surface area contributed by atoms with Crippen LogP contribution in [0.15, 0.2) is 0 Å². The van der Waals surface area contributed by atoms with Gasteiger partial charge in [-0.3, -0.25) is 6.38 Å². The van der Waals surface area contributed by atoms with Crippen LogP contribution in [0.1, 0.15) is 0 Å². The molecule has 0 spiro atoms. The van der Waals surface area contributed by atoms with E-state index in [0.717, 1.165) is 0 Å². The molecule has 0 aromatic heterocycles. The molecule has 0 rings (SSSR count). The van der Waals surface area contributed by atoms with Crippen LogP contribution in [0.25, 0.3) is 0 Å². The van der Waals surface area contributed by atoms with E-state index >= 15 is 0 Å². The zero-order valence-corrected chi connectivity index (χ0v) is 6.40. The molecule has 0 aromatic rings. The van der Waals surface area contributed by atoms with Crippen LogP contribution < -0.4 is 0 Å². The fraction of sp³-hybridized carbons (Fsp3) is 0. The molecule has 0 saturated carbocycles. The van der Waals surface area contributed by atoms with Crippen molar-refractivity contribution >= 4 is 11.6 Å². The maximum Gasteiger partial charge on any atom is 0 e. The SMILES string of the molecule is [CH2-]Cl.[CH3-].[CH3-].[CH3-].[Mn]. The minimum Gasteiger partial charge on any atom is -0.358 e. The molecule has 2 heteroatoms. The minimum atomic E-state index is 0. The Bertz CT molecular complexity index is 7.51. The van der Waals surface area contributed by atoms with Gasteiger partial charge in [0.25, 0.3) is 0 Å². The molecule has 0 heterocycles. The largest absolute Gasteiger partial charge is 0.358 e. The van der Waals surface area contributed by atoms with Crippen molar-refractivity contribution in [1.82, 2.24) is 0 Å². The van der Waals surface area contributed by atoms with Crippen LogP contribution in [-0.4, -0.2) is 0 Å². The molecule has 0 saturated heterocycles. The van der Waals surface area contributed by atoms with E-state index in [-0.39, 0.29) is 39.3 Å². The molecule has 45 valence electrons. The third-order valence-corrected chi connectivity index (χ3v) is 0. The van der Waals surface area contributed by atoms with Crippen molar-refractivity contribution in [2.45, 2.75) is 0 Å². The Morgan fingerprint density at radius 1 is 0.833 bits per heavy atom.